The van der Waals surface area contributed by atoms with Crippen molar-refractivity contribution in [3.05, 3.63) is 81.4 Å². The van der Waals surface area contributed by atoms with E-state index in [0.29, 0.717) is 26.2 Å². The van der Waals surface area contributed by atoms with Crippen molar-refractivity contribution < 1.29 is 9.72 Å². The molecule has 0 spiro atoms. The van der Waals surface area contributed by atoms with Crippen LogP contribution in [-0.2, 0) is 0 Å². The van der Waals surface area contributed by atoms with Gasteiger partial charge in [0.2, 0.25) is 0 Å². The van der Waals surface area contributed by atoms with Gasteiger partial charge in [0.1, 0.15) is 0 Å². The molecule has 0 N–H and O–H groups in total. The Morgan fingerprint density at radius 2 is 1.70 bits per heavy atom. The van der Waals surface area contributed by atoms with Crippen molar-refractivity contribution >= 4 is 29.0 Å². The molecule has 0 radical (unpaired) electrons. The molecule has 4 rings (SSSR count). The van der Waals surface area contributed by atoms with Gasteiger partial charge in [-0.1, -0.05) is 41.9 Å². The average Bonchev–Trinajstić information content (AvgIpc) is 2.79. The van der Waals surface area contributed by atoms with Gasteiger partial charge in [0.25, 0.3) is 11.6 Å². The number of nitrogens with zero attached hydrogens (tertiary/aromatic N) is 5. The monoisotopic (exact) mass is 423 g/mol. The zero-order valence-electron chi connectivity index (χ0n) is 15.9. The van der Waals surface area contributed by atoms with E-state index >= 15 is 0 Å². The Labute approximate surface area is 177 Å². The summed E-state index contributed by atoms with van der Waals surface area (Å²) < 4.78 is 0. The average molecular weight is 424 g/mol. The summed E-state index contributed by atoms with van der Waals surface area (Å²) in [7, 11) is 0. The maximum absolute atomic E-state index is 12.8. The molecular formula is C21H18ClN5O3. The van der Waals surface area contributed by atoms with Crippen molar-refractivity contribution in [2.24, 2.45) is 0 Å². The second-order valence-corrected chi connectivity index (χ2v) is 7.25. The number of benzene rings is 2. The summed E-state index contributed by atoms with van der Waals surface area (Å²) in [6.45, 7) is 2.08. The minimum atomic E-state index is -0.539. The SMILES string of the molecule is O=C(c1cc([N+](=O)[O-])ccc1Cl)N1CCN(c2ccc(-c3ccccc3)nn2)CC1. The van der Waals surface area contributed by atoms with Crippen molar-refractivity contribution in [1.82, 2.24) is 15.1 Å². The number of carbonyl (C=O) groups excluding carboxylic acids is 1. The van der Waals surface area contributed by atoms with Crippen molar-refractivity contribution in [3.8, 4) is 11.3 Å². The van der Waals surface area contributed by atoms with E-state index in [1.807, 2.05) is 42.5 Å². The number of anilines is 1. The quantitative estimate of drug-likeness (QED) is 0.469. The van der Waals surface area contributed by atoms with E-state index in [4.69, 9.17) is 11.6 Å². The number of nitro groups is 1. The first kappa shape index (κ1) is 19.8. The lowest BCUT2D eigenvalue weighted by molar-refractivity contribution is -0.384. The van der Waals surface area contributed by atoms with Crippen LogP contribution in [0.15, 0.2) is 60.7 Å². The Hall–Kier alpha value is -3.52. The summed E-state index contributed by atoms with van der Waals surface area (Å²) >= 11 is 6.11. The number of non-ortho nitro benzene ring substituents is 1. The third-order valence-electron chi connectivity index (χ3n) is 5.00. The van der Waals surface area contributed by atoms with Gasteiger partial charge in [-0.3, -0.25) is 14.9 Å². The smallest absolute Gasteiger partial charge is 0.270 e. The summed E-state index contributed by atoms with van der Waals surface area (Å²) in [5, 5.41) is 19.8. The van der Waals surface area contributed by atoms with E-state index in [1.54, 1.807) is 4.90 Å². The molecule has 1 fully saturated rings. The summed E-state index contributed by atoms with van der Waals surface area (Å²) in [6.07, 6.45) is 0. The number of nitro benzene ring substituents is 1. The highest BCUT2D eigenvalue weighted by atomic mass is 35.5. The molecule has 1 aliphatic rings. The summed E-state index contributed by atoms with van der Waals surface area (Å²) in [4.78, 5) is 27.0. The van der Waals surface area contributed by atoms with E-state index in [0.717, 1.165) is 17.1 Å². The molecular weight excluding hydrogens is 406 g/mol. The van der Waals surface area contributed by atoms with E-state index in [1.165, 1.54) is 18.2 Å². The summed E-state index contributed by atoms with van der Waals surface area (Å²) in [5.41, 5.74) is 1.79. The Balaban J connectivity index is 1.42. The summed E-state index contributed by atoms with van der Waals surface area (Å²) in [5.74, 6) is 0.434. The van der Waals surface area contributed by atoms with Gasteiger partial charge in [0, 0.05) is 43.9 Å². The largest absolute Gasteiger partial charge is 0.352 e. The number of rotatable bonds is 4. The third kappa shape index (κ3) is 4.08. The van der Waals surface area contributed by atoms with Crippen LogP contribution in [0.2, 0.25) is 5.02 Å². The third-order valence-corrected chi connectivity index (χ3v) is 5.33. The van der Waals surface area contributed by atoms with E-state index in [2.05, 4.69) is 15.1 Å². The molecule has 152 valence electrons. The molecule has 3 aromatic rings. The van der Waals surface area contributed by atoms with Crippen LogP contribution >= 0.6 is 11.6 Å². The predicted octanol–water partition coefficient (Wildman–Crippen LogP) is 3.67. The highest BCUT2D eigenvalue weighted by Gasteiger charge is 2.25. The number of halogens is 1. The molecule has 0 aliphatic carbocycles. The van der Waals surface area contributed by atoms with Gasteiger partial charge in [-0.05, 0) is 18.2 Å². The number of hydrogen-bond acceptors (Lipinski definition) is 6. The van der Waals surface area contributed by atoms with E-state index < -0.39 is 4.92 Å². The lowest BCUT2D eigenvalue weighted by atomic mass is 10.1. The zero-order chi connectivity index (χ0) is 21.1. The van der Waals surface area contributed by atoms with Crippen molar-refractivity contribution in [2.75, 3.05) is 31.1 Å². The van der Waals surface area contributed by atoms with Crippen molar-refractivity contribution in [3.63, 3.8) is 0 Å². The molecule has 0 saturated carbocycles. The normalized spacial score (nSPS) is 13.9. The molecule has 0 atom stereocenters. The molecule has 1 aromatic heterocycles. The van der Waals surface area contributed by atoms with Crippen LogP contribution in [0, 0.1) is 10.1 Å². The Kier molecular flexibility index (Phi) is 5.58. The number of amides is 1. The fraction of sp³-hybridized carbons (Fsp3) is 0.190. The van der Waals surface area contributed by atoms with Gasteiger partial charge >= 0.3 is 0 Å². The van der Waals surface area contributed by atoms with Gasteiger partial charge in [-0.25, -0.2) is 0 Å². The minimum Gasteiger partial charge on any atom is -0.352 e. The predicted molar refractivity (Wildman–Crippen MR) is 114 cm³/mol. The Morgan fingerprint density at radius 1 is 0.967 bits per heavy atom. The fourth-order valence-electron chi connectivity index (χ4n) is 3.36. The molecule has 2 heterocycles. The molecule has 1 saturated heterocycles. The zero-order valence-corrected chi connectivity index (χ0v) is 16.7. The standard InChI is InChI=1S/C21H18ClN5O3/c22-18-7-6-16(27(29)30)14-17(18)21(28)26-12-10-25(11-13-26)20-9-8-19(23-24-20)15-4-2-1-3-5-15/h1-9,14H,10-13H2. The first-order chi connectivity index (χ1) is 14.5. The fourth-order valence-corrected chi connectivity index (χ4v) is 3.55. The topological polar surface area (TPSA) is 92.5 Å². The number of hydrogen-bond donors (Lipinski definition) is 0. The van der Waals surface area contributed by atoms with Crippen LogP contribution in [0.1, 0.15) is 10.4 Å². The number of carbonyl (C=O) groups is 1. The van der Waals surface area contributed by atoms with Crippen molar-refractivity contribution in [1.29, 1.82) is 0 Å². The second-order valence-electron chi connectivity index (χ2n) is 6.84. The van der Waals surface area contributed by atoms with Gasteiger partial charge in [-0.2, -0.15) is 0 Å². The molecule has 0 unspecified atom stereocenters. The van der Waals surface area contributed by atoms with E-state index in [9.17, 15) is 14.9 Å². The second kappa shape index (κ2) is 8.46. The molecule has 9 heteroatoms. The molecule has 1 aliphatic heterocycles. The molecule has 1 amide bonds. The summed E-state index contributed by atoms with van der Waals surface area (Å²) in [6, 6.07) is 17.6. The van der Waals surface area contributed by atoms with E-state index in [-0.39, 0.29) is 22.2 Å². The van der Waals surface area contributed by atoms with Crippen LogP contribution in [0.25, 0.3) is 11.3 Å². The van der Waals surface area contributed by atoms with Gasteiger partial charge in [-0.15, -0.1) is 10.2 Å². The molecule has 30 heavy (non-hydrogen) atoms. The van der Waals surface area contributed by atoms with Crippen LogP contribution in [0.3, 0.4) is 0 Å². The number of piperazine rings is 1. The maximum Gasteiger partial charge on any atom is 0.270 e. The van der Waals surface area contributed by atoms with Crippen LogP contribution in [-0.4, -0.2) is 52.1 Å². The van der Waals surface area contributed by atoms with Gasteiger partial charge in [0.05, 0.1) is 21.2 Å². The Bertz CT molecular complexity index is 1070. The Morgan fingerprint density at radius 3 is 2.33 bits per heavy atom. The van der Waals surface area contributed by atoms with Gasteiger partial charge in [0.15, 0.2) is 5.82 Å². The van der Waals surface area contributed by atoms with Crippen LogP contribution in [0.5, 0.6) is 0 Å². The highest BCUT2D eigenvalue weighted by molar-refractivity contribution is 6.33. The lowest BCUT2D eigenvalue weighted by Crippen LogP contribution is -2.49. The maximum atomic E-state index is 12.8. The lowest BCUT2D eigenvalue weighted by Gasteiger charge is -2.35. The van der Waals surface area contributed by atoms with Gasteiger partial charge < -0.3 is 9.80 Å². The molecule has 2 aromatic carbocycles. The first-order valence-corrected chi connectivity index (χ1v) is 9.78. The van der Waals surface area contributed by atoms with Crippen molar-refractivity contribution in [2.45, 2.75) is 0 Å². The number of aromatic nitrogens is 2. The van der Waals surface area contributed by atoms with Crippen LogP contribution in [0.4, 0.5) is 11.5 Å². The molecule has 0 bridgehead atoms. The minimum absolute atomic E-state index is 0.145. The highest BCUT2D eigenvalue weighted by Crippen LogP contribution is 2.25. The van der Waals surface area contributed by atoms with Crippen LogP contribution < -0.4 is 4.90 Å². The molecule has 8 nitrogen and oxygen atoms in total. The first-order valence-electron chi connectivity index (χ1n) is 9.40.